The summed E-state index contributed by atoms with van der Waals surface area (Å²) in [5.41, 5.74) is 0. The second-order valence-corrected chi connectivity index (χ2v) is 19.6. The van der Waals surface area contributed by atoms with Gasteiger partial charge in [0.05, 0.1) is 34.4 Å². The molecule has 9 heteroatoms. The maximum Gasteiger partial charge on any atom is 0.472 e. The first-order valence-corrected chi connectivity index (χ1v) is 27.5. The van der Waals surface area contributed by atoms with Crippen LogP contribution in [0.4, 0.5) is 0 Å². The van der Waals surface area contributed by atoms with Crippen molar-refractivity contribution in [1.29, 1.82) is 0 Å². The van der Waals surface area contributed by atoms with Crippen molar-refractivity contribution in [3.05, 3.63) is 97.2 Å². The number of phosphoric ester groups is 1. The number of likely N-dealkylation sites (N-methyl/N-ethyl adjacent to an activating group) is 1. The van der Waals surface area contributed by atoms with Gasteiger partial charge < -0.3 is 18.9 Å². The maximum atomic E-state index is 12.8. The van der Waals surface area contributed by atoms with Crippen LogP contribution in [-0.4, -0.2) is 75.6 Å². The molecule has 0 spiro atoms. The van der Waals surface area contributed by atoms with Crippen molar-refractivity contribution in [2.24, 2.45) is 0 Å². The molecule has 0 aliphatic heterocycles. The third-order valence-electron chi connectivity index (χ3n) is 10.6. The quantitative estimate of drug-likeness (QED) is 0.0214. The highest BCUT2D eigenvalue weighted by atomic mass is 31.2. The zero-order valence-corrected chi connectivity index (χ0v) is 43.3. The molecule has 0 radical (unpaired) electrons. The van der Waals surface area contributed by atoms with Crippen molar-refractivity contribution < 1.29 is 37.3 Å². The number of rotatable bonds is 47. The molecule has 0 amide bonds. The van der Waals surface area contributed by atoms with Crippen molar-refractivity contribution in [3.63, 3.8) is 0 Å². The first-order valence-electron chi connectivity index (χ1n) is 26.0. The number of quaternary nitrogens is 1. The molecule has 0 aromatic carbocycles. The lowest BCUT2D eigenvalue weighted by Crippen LogP contribution is -2.37. The Bertz CT molecular complexity index is 1360. The highest BCUT2D eigenvalue weighted by Crippen LogP contribution is 2.43. The fourth-order valence-electron chi connectivity index (χ4n) is 6.64. The molecular formula is C56H99NO7P+. The van der Waals surface area contributed by atoms with Gasteiger partial charge in [0.25, 0.3) is 0 Å². The van der Waals surface area contributed by atoms with Gasteiger partial charge in [-0.05, 0) is 96.3 Å². The Kier molecular flexibility index (Phi) is 46.0. The van der Waals surface area contributed by atoms with Crippen LogP contribution in [0.25, 0.3) is 0 Å². The number of allylic oxidation sites excluding steroid dienone is 16. The highest BCUT2D eigenvalue weighted by molar-refractivity contribution is 7.47. The lowest BCUT2D eigenvalue weighted by molar-refractivity contribution is -0.870. The lowest BCUT2D eigenvalue weighted by Gasteiger charge is -2.24. The maximum absolute atomic E-state index is 12.8. The van der Waals surface area contributed by atoms with Crippen LogP contribution in [0, 0.1) is 0 Å². The van der Waals surface area contributed by atoms with E-state index in [-0.39, 0.29) is 25.8 Å². The molecule has 0 saturated heterocycles. The second-order valence-electron chi connectivity index (χ2n) is 18.2. The summed E-state index contributed by atoms with van der Waals surface area (Å²) in [4.78, 5) is 23.0. The summed E-state index contributed by atoms with van der Waals surface area (Å²) in [6.07, 6.45) is 65.9. The summed E-state index contributed by atoms with van der Waals surface area (Å²) >= 11 is 0. The Morgan fingerprint density at radius 3 is 1.34 bits per heavy atom. The summed E-state index contributed by atoms with van der Waals surface area (Å²) < 4.78 is 35.1. The summed E-state index contributed by atoms with van der Waals surface area (Å²) in [6.45, 7) is 5.42. The predicted octanol–water partition coefficient (Wildman–Crippen LogP) is 16.2. The molecule has 2 unspecified atom stereocenters. The van der Waals surface area contributed by atoms with Gasteiger partial charge in [0.15, 0.2) is 0 Å². The largest absolute Gasteiger partial charge is 0.472 e. The third kappa shape index (κ3) is 52.3. The summed E-state index contributed by atoms with van der Waals surface area (Å²) in [7, 11) is 1.64. The molecule has 0 bridgehead atoms. The van der Waals surface area contributed by atoms with E-state index in [9.17, 15) is 14.3 Å². The lowest BCUT2D eigenvalue weighted by atomic mass is 10.1. The highest BCUT2D eigenvalue weighted by Gasteiger charge is 2.26. The van der Waals surface area contributed by atoms with Crippen molar-refractivity contribution in [1.82, 2.24) is 0 Å². The molecule has 374 valence electrons. The van der Waals surface area contributed by atoms with E-state index in [1.54, 1.807) is 0 Å². The summed E-state index contributed by atoms with van der Waals surface area (Å²) in [5.74, 6) is -0.329. The van der Waals surface area contributed by atoms with Crippen LogP contribution in [-0.2, 0) is 27.9 Å². The summed E-state index contributed by atoms with van der Waals surface area (Å²) in [5, 5.41) is 0. The minimum Gasteiger partial charge on any atom is -0.457 e. The third-order valence-corrected chi connectivity index (χ3v) is 11.6. The number of carbonyl (C=O) groups is 1. The first-order chi connectivity index (χ1) is 31.6. The zero-order valence-electron chi connectivity index (χ0n) is 42.4. The van der Waals surface area contributed by atoms with E-state index in [1.165, 1.54) is 83.5 Å². The van der Waals surface area contributed by atoms with Crippen LogP contribution in [0.1, 0.15) is 194 Å². The minimum atomic E-state index is -4.30. The average Bonchev–Trinajstić information content (AvgIpc) is 3.27. The Morgan fingerprint density at radius 1 is 0.492 bits per heavy atom. The van der Waals surface area contributed by atoms with Crippen molar-refractivity contribution in [2.45, 2.75) is 200 Å². The molecule has 0 fully saturated rings. The molecule has 0 aromatic heterocycles. The smallest absolute Gasteiger partial charge is 0.457 e. The van der Waals surface area contributed by atoms with Crippen LogP contribution < -0.4 is 0 Å². The van der Waals surface area contributed by atoms with Crippen LogP contribution in [0.2, 0.25) is 0 Å². The monoisotopic (exact) mass is 929 g/mol. The van der Waals surface area contributed by atoms with Crippen LogP contribution in [0.5, 0.6) is 0 Å². The summed E-state index contributed by atoms with van der Waals surface area (Å²) in [6, 6.07) is 0. The number of nitrogens with zero attached hydrogens (tertiary/aromatic N) is 1. The van der Waals surface area contributed by atoms with Gasteiger partial charge >= 0.3 is 13.8 Å². The van der Waals surface area contributed by atoms with Gasteiger partial charge in [0, 0.05) is 13.0 Å². The van der Waals surface area contributed by atoms with Crippen LogP contribution >= 0.6 is 7.82 Å². The molecular weight excluding hydrogens is 830 g/mol. The van der Waals surface area contributed by atoms with E-state index in [2.05, 4.69) is 111 Å². The molecule has 0 aliphatic carbocycles. The zero-order chi connectivity index (χ0) is 47.6. The fraction of sp³-hybridized carbons (Fsp3) is 0.696. The molecule has 0 aliphatic rings. The topological polar surface area (TPSA) is 91.3 Å². The molecule has 0 saturated carbocycles. The Morgan fingerprint density at radius 2 is 0.892 bits per heavy atom. The van der Waals surface area contributed by atoms with Crippen LogP contribution in [0.3, 0.4) is 0 Å². The van der Waals surface area contributed by atoms with Crippen molar-refractivity contribution in [2.75, 3.05) is 54.1 Å². The van der Waals surface area contributed by atoms with E-state index in [0.29, 0.717) is 24.1 Å². The number of esters is 1. The predicted molar refractivity (Wildman–Crippen MR) is 279 cm³/mol. The van der Waals surface area contributed by atoms with Gasteiger partial charge in [0.2, 0.25) is 0 Å². The Balaban J connectivity index is 4.22. The molecule has 8 nitrogen and oxygen atoms in total. The number of unbranched alkanes of at least 4 members (excludes halogenated alkanes) is 17. The van der Waals surface area contributed by atoms with Gasteiger partial charge in [-0.15, -0.1) is 0 Å². The molecule has 0 rings (SSSR count). The molecule has 1 N–H and O–H groups in total. The minimum absolute atomic E-state index is 0.0782. The van der Waals surface area contributed by atoms with Gasteiger partial charge in [-0.3, -0.25) is 13.8 Å². The van der Waals surface area contributed by atoms with Gasteiger partial charge in [-0.2, -0.15) is 0 Å². The molecule has 2 atom stereocenters. The first kappa shape index (κ1) is 62.4. The number of ether oxygens (including phenoxy) is 2. The van der Waals surface area contributed by atoms with E-state index >= 15 is 0 Å². The number of carbonyl (C=O) groups excluding carboxylic acids is 1. The molecule has 65 heavy (non-hydrogen) atoms. The standard InChI is InChI=1S/C56H98NO7P/c1-6-8-10-12-14-16-18-20-22-24-26-27-28-29-30-32-34-36-38-40-42-44-46-48-51-61-53-55(54-63-65(59,60)62-52-50-57(3,4)5)64-56(58)49-47-45-43-41-39-37-35-33-31-25-23-21-19-17-15-13-11-9-7-2/h8,10,14-17,20-23,26-27,29-30,34,36,55H,6-7,9,11-13,18-19,24-25,28,31-33,35,37-54H2,1-5H3/p+1/b10-8-,16-14-,17-15-,22-20-,23-21-,27-26-,30-29-,36-34-. The number of phosphoric acid groups is 1. The fourth-order valence-corrected chi connectivity index (χ4v) is 7.39. The van der Waals surface area contributed by atoms with E-state index in [1.807, 2.05) is 21.1 Å². The molecule has 0 heterocycles. The normalized spacial score (nSPS) is 14.4. The number of hydrogen-bond acceptors (Lipinski definition) is 6. The van der Waals surface area contributed by atoms with Crippen molar-refractivity contribution in [3.8, 4) is 0 Å². The Hall–Kier alpha value is -2.58. The average molecular weight is 929 g/mol. The van der Waals surface area contributed by atoms with Crippen molar-refractivity contribution >= 4 is 13.8 Å². The van der Waals surface area contributed by atoms with Gasteiger partial charge in [0.1, 0.15) is 19.3 Å². The van der Waals surface area contributed by atoms with E-state index in [0.717, 1.165) is 89.9 Å². The Labute approximate surface area is 400 Å². The van der Waals surface area contributed by atoms with Crippen LogP contribution in [0.15, 0.2) is 97.2 Å². The van der Waals surface area contributed by atoms with Gasteiger partial charge in [-0.25, -0.2) is 4.57 Å². The SMILES string of the molecule is CC/C=C\C/C=C\C/C=C\C/C=C\C/C=C\C/C=C\CCCCCCCOCC(COP(=O)(O)OCC[N+](C)(C)C)OC(=O)CCCCCCCCCCC/C=C\C/C=C\CCCCC. The molecule has 0 aromatic rings. The van der Waals surface area contributed by atoms with E-state index < -0.39 is 13.9 Å². The number of hydrogen-bond donors (Lipinski definition) is 1. The van der Waals surface area contributed by atoms with Gasteiger partial charge in [-0.1, -0.05) is 188 Å². The second kappa shape index (κ2) is 47.9. The van der Waals surface area contributed by atoms with E-state index in [4.69, 9.17) is 18.5 Å².